The van der Waals surface area contributed by atoms with Crippen LogP contribution in [0.15, 0.2) is 60.7 Å². The number of carbonyl (C=O) groups excluding carboxylic acids is 2. The van der Waals surface area contributed by atoms with Crippen molar-refractivity contribution in [3.05, 3.63) is 71.8 Å². The van der Waals surface area contributed by atoms with Crippen molar-refractivity contribution in [2.24, 2.45) is 0 Å². The highest BCUT2D eigenvalue weighted by molar-refractivity contribution is 7.83. The maximum Gasteiger partial charge on any atom is 0.425 e. The molecule has 0 bridgehead atoms. The average molecular weight is 470 g/mol. The molecule has 0 atom stereocenters. The predicted molar refractivity (Wildman–Crippen MR) is 99.0 cm³/mol. The maximum atomic E-state index is 11.5. The van der Waals surface area contributed by atoms with Crippen LogP contribution in [0.1, 0.15) is 20.7 Å². The van der Waals surface area contributed by atoms with Gasteiger partial charge < -0.3 is 12.3 Å². The summed E-state index contributed by atoms with van der Waals surface area (Å²) >= 11 is 0. The number of hydrogen-bond acceptors (Lipinski definition) is 12. The summed E-state index contributed by atoms with van der Waals surface area (Å²) in [5.74, 6) is -1.42. The summed E-state index contributed by atoms with van der Waals surface area (Å²) in [6.45, 7) is 0. The first kappa shape index (κ1) is 29.2. The molecule has 2 aromatic carbocycles. The highest BCUT2D eigenvalue weighted by Crippen LogP contribution is 2.05. The Balaban J connectivity index is 0. The lowest BCUT2D eigenvalue weighted by Gasteiger charge is -2.02. The highest BCUT2D eigenvalue weighted by atomic mass is 32.3. The molecule has 0 aliphatic heterocycles. The molecule has 0 spiro atoms. The zero-order chi connectivity index (χ0) is 21.2. The minimum absolute atomic E-state index is 0. The van der Waals surface area contributed by atoms with Crippen LogP contribution in [0.2, 0.25) is 0 Å². The van der Waals surface area contributed by atoms with E-state index in [4.69, 9.17) is 9.11 Å². The van der Waals surface area contributed by atoms with Gasteiger partial charge in [-0.3, -0.25) is 9.11 Å². The molecule has 2 aromatic rings. The van der Waals surface area contributed by atoms with Crippen molar-refractivity contribution in [2.45, 2.75) is 0 Å². The Morgan fingerprint density at radius 2 is 0.867 bits per heavy atom. The van der Waals surface area contributed by atoms with Gasteiger partial charge in [0.05, 0.1) is 11.1 Å². The minimum atomic E-state index is -5.02. The van der Waals surface area contributed by atoms with Crippen LogP contribution < -0.4 is 12.3 Å². The molecule has 0 aliphatic carbocycles. The van der Waals surface area contributed by atoms with Crippen molar-refractivity contribution >= 4 is 32.7 Å². The fraction of sp³-hybridized carbons (Fsp3) is 0. The van der Waals surface area contributed by atoms with Crippen molar-refractivity contribution < 1.29 is 54.0 Å². The van der Waals surface area contributed by atoms with Crippen LogP contribution in [0, 0.1) is 0 Å². The quantitative estimate of drug-likeness (QED) is 0.274. The van der Waals surface area contributed by atoms with E-state index in [-0.39, 0.29) is 12.3 Å². The molecule has 0 amide bonds. The molecular weight excluding hydrogens is 452 g/mol. The lowest BCUT2D eigenvalue weighted by molar-refractivity contribution is -0.187. The standard InChI is InChI=1S/C14H10O4.2H3N.H2O8S2/c15-13(11-7-3-1-4-8-11)17-18-14(16)12-9-5-2-6-10-12;;;1-9(2,3)7-8-10(4,5)6/h1-10H;2*1H3;(H,1,2,3)(H,4,5,6). The van der Waals surface area contributed by atoms with E-state index >= 15 is 0 Å². The highest BCUT2D eigenvalue weighted by Gasteiger charge is 2.14. The monoisotopic (exact) mass is 470 g/mol. The van der Waals surface area contributed by atoms with E-state index in [9.17, 15) is 26.4 Å². The third-order valence-corrected chi connectivity index (χ3v) is 2.98. The summed E-state index contributed by atoms with van der Waals surface area (Å²) < 4.78 is 58.9. The predicted octanol–water partition coefficient (Wildman–Crippen LogP) is 1.48. The molecule has 168 valence electrons. The summed E-state index contributed by atoms with van der Waals surface area (Å²) in [6.07, 6.45) is 0. The third-order valence-electron chi connectivity index (χ3n) is 2.41. The fourth-order valence-electron chi connectivity index (χ4n) is 1.39. The summed E-state index contributed by atoms with van der Waals surface area (Å²) in [6, 6.07) is 16.6. The summed E-state index contributed by atoms with van der Waals surface area (Å²) in [5.41, 5.74) is 0.636. The molecule has 0 radical (unpaired) electrons. The molecule has 8 N–H and O–H groups in total. The smallest absolute Gasteiger partial charge is 0.344 e. The Hall–Kier alpha value is -2.96. The first-order valence-corrected chi connectivity index (χ1v) is 9.57. The molecule has 0 heterocycles. The second-order valence-electron chi connectivity index (χ2n) is 4.47. The number of benzene rings is 2. The average Bonchev–Trinajstić information content (AvgIpc) is 2.65. The summed E-state index contributed by atoms with van der Waals surface area (Å²) in [7, 11) is -10.0. The zero-order valence-corrected chi connectivity index (χ0v) is 16.6. The molecule has 0 aliphatic rings. The van der Waals surface area contributed by atoms with Gasteiger partial charge in [0.15, 0.2) is 0 Å². The third kappa shape index (κ3) is 13.3. The molecule has 0 saturated heterocycles. The van der Waals surface area contributed by atoms with E-state index in [0.29, 0.717) is 11.1 Å². The number of rotatable bonds is 5. The first-order chi connectivity index (χ1) is 13.0. The lowest BCUT2D eigenvalue weighted by atomic mass is 10.2. The number of carbonyl (C=O) groups is 2. The molecule has 16 heteroatoms. The van der Waals surface area contributed by atoms with Crippen LogP contribution in [0.3, 0.4) is 0 Å². The largest absolute Gasteiger partial charge is 0.425 e. The van der Waals surface area contributed by atoms with Crippen molar-refractivity contribution in [1.29, 1.82) is 0 Å². The lowest BCUT2D eigenvalue weighted by Crippen LogP contribution is -2.11. The molecule has 0 aromatic heterocycles. The second-order valence-corrected chi connectivity index (χ2v) is 6.45. The topological polar surface area (TPSA) is 250 Å². The van der Waals surface area contributed by atoms with Crippen molar-refractivity contribution in [3.63, 3.8) is 0 Å². The van der Waals surface area contributed by atoms with Crippen LogP contribution in [-0.2, 0) is 39.2 Å². The maximum absolute atomic E-state index is 11.5. The molecule has 0 fully saturated rings. The Morgan fingerprint density at radius 3 is 1.10 bits per heavy atom. The molecular formula is C14H18N2O12S2. The minimum Gasteiger partial charge on any atom is -0.344 e. The van der Waals surface area contributed by atoms with Crippen LogP contribution in [-0.4, -0.2) is 37.9 Å². The molecule has 0 unspecified atom stereocenters. The van der Waals surface area contributed by atoms with Gasteiger partial charge >= 0.3 is 32.7 Å². The normalized spacial score (nSPS) is 10.2. The first-order valence-electron chi connectivity index (χ1n) is 6.84. The van der Waals surface area contributed by atoms with Crippen LogP contribution in [0.5, 0.6) is 0 Å². The van der Waals surface area contributed by atoms with E-state index in [1.165, 1.54) is 0 Å². The van der Waals surface area contributed by atoms with Gasteiger partial charge in [0, 0.05) is 0 Å². The summed E-state index contributed by atoms with van der Waals surface area (Å²) in [4.78, 5) is 31.9. The van der Waals surface area contributed by atoms with Gasteiger partial charge in [-0.1, -0.05) is 45.1 Å². The molecule has 2 rings (SSSR count). The molecule has 0 saturated carbocycles. The van der Waals surface area contributed by atoms with E-state index in [0.717, 1.165) is 0 Å². The van der Waals surface area contributed by atoms with E-state index in [1.54, 1.807) is 60.7 Å². The van der Waals surface area contributed by atoms with E-state index in [2.05, 4.69) is 18.4 Å². The van der Waals surface area contributed by atoms with Gasteiger partial charge in [0.2, 0.25) is 0 Å². The van der Waals surface area contributed by atoms with Gasteiger partial charge in [-0.2, -0.15) is 16.8 Å². The Kier molecular flexibility index (Phi) is 13.0. The van der Waals surface area contributed by atoms with Gasteiger partial charge in [-0.25, -0.2) is 19.4 Å². The second kappa shape index (κ2) is 13.3. The molecule has 14 nitrogen and oxygen atoms in total. The Bertz CT molecular complexity index is 912. The van der Waals surface area contributed by atoms with Gasteiger partial charge in [0.25, 0.3) is 0 Å². The zero-order valence-electron chi connectivity index (χ0n) is 15.0. The van der Waals surface area contributed by atoms with Crippen molar-refractivity contribution in [3.8, 4) is 0 Å². The van der Waals surface area contributed by atoms with Gasteiger partial charge in [-0.05, 0) is 24.3 Å². The Morgan fingerprint density at radius 1 is 0.600 bits per heavy atom. The van der Waals surface area contributed by atoms with Crippen LogP contribution in [0.25, 0.3) is 0 Å². The van der Waals surface area contributed by atoms with Gasteiger partial charge in [0.1, 0.15) is 0 Å². The number of hydrogen-bond donors (Lipinski definition) is 4. The van der Waals surface area contributed by atoms with Crippen LogP contribution >= 0.6 is 0 Å². The van der Waals surface area contributed by atoms with Gasteiger partial charge in [-0.15, -0.1) is 0 Å². The fourth-order valence-corrected chi connectivity index (χ4v) is 1.95. The van der Waals surface area contributed by atoms with Crippen molar-refractivity contribution in [1.82, 2.24) is 12.3 Å². The Labute approximate surface area is 171 Å². The van der Waals surface area contributed by atoms with E-state index < -0.39 is 32.7 Å². The molecule has 30 heavy (non-hydrogen) atoms. The van der Waals surface area contributed by atoms with Crippen LogP contribution in [0.4, 0.5) is 0 Å². The van der Waals surface area contributed by atoms with Crippen molar-refractivity contribution in [2.75, 3.05) is 0 Å². The summed E-state index contributed by atoms with van der Waals surface area (Å²) in [5, 5.41) is 0. The van der Waals surface area contributed by atoms with E-state index in [1.807, 2.05) is 0 Å². The SMILES string of the molecule is N.N.O=C(OOC(=O)c1ccccc1)c1ccccc1.O=S(=O)(O)OOS(=O)(=O)O.